The van der Waals surface area contributed by atoms with Crippen molar-refractivity contribution in [2.75, 3.05) is 5.32 Å². The highest BCUT2D eigenvalue weighted by Crippen LogP contribution is 2.63. The van der Waals surface area contributed by atoms with E-state index in [0.717, 1.165) is 11.3 Å². The highest BCUT2D eigenvalue weighted by atomic mass is 35.5. The van der Waals surface area contributed by atoms with Crippen LogP contribution >= 0.6 is 23.2 Å². The highest BCUT2D eigenvalue weighted by Gasteiger charge is 2.53. The molecule has 1 aliphatic heterocycles. The third-order valence-electron chi connectivity index (χ3n) is 6.64. The molecule has 2 N–H and O–H groups in total. The quantitative estimate of drug-likeness (QED) is 0.665. The van der Waals surface area contributed by atoms with Crippen LogP contribution in [0.5, 0.6) is 0 Å². The van der Waals surface area contributed by atoms with Gasteiger partial charge in [0.2, 0.25) is 0 Å². The average Bonchev–Trinajstić information content (AvgIpc) is 3.25. The number of halogens is 2. The molecule has 5 rings (SSSR count). The summed E-state index contributed by atoms with van der Waals surface area (Å²) in [5.74, 6) is 1.36. The third-order valence-corrected chi connectivity index (χ3v) is 7.38. The zero-order chi connectivity index (χ0) is 18.0. The molecule has 3 nitrogen and oxygen atoms in total. The third kappa shape index (κ3) is 2.37. The SMILES string of the molecule is O=C(O)c1ccc2c(c1)[C@@H]1[C@H]3CC[C@@H](C3)[C@H]1[C@H](c1ccc(Cl)c(Cl)c1)N2. The summed E-state index contributed by atoms with van der Waals surface area (Å²) in [6.45, 7) is 0. The van der Waals surface area contributed by atoms with Crippen molar-refractivity contribution in [2.45, 2.75) is 31.2 Å². The van der Waals surface area contributed by atoms with E-state index in [1.165, 1.54) is 24.8 Å². The molecule has 1 heterocycles. The molecule has 134 valence electrons. The zero-order valence-electron chi connectivity index (χ0n) is 14.1. The second kappa shape index (κ2) is 5.90. The van der Waals surface area contributed by atoms with Crippen LogP contribution in [0.4, 0.5) is 5.69 Å². The van der Waals surface area contributed by atoms with Gasteiger partial charge in [-0.3, -0.25) is 0 Å². The number of hydrogen-bond acceptors (Lipinski definition) is 2. The normalized spacial score (nSPS) is 31.2. The summed E-state index contributed by atoms with van der Waals surface area (Å²) in [7, 11) is 0. The molecule has 5 atom stereocenters. The molecule has 3 aliphatic rings. The number of fused-ring (bicyclic) bond motifs is 7. The van der Waals surface area contributed by atoms with Crippen molar-refractivity contribution >= 4 is 34.9 Å². The van der Waals surface area contributed by atoms with Crippen LogP contribution in [-0.2, 0) is 0 Å². The molecule has 5 heteroatoms. The molecule has 2 bridgehead atoms. The van der Waals surface area contributed by atoms with E-state index in [4.69, 9.17) is 23.2 Å². The first-order chi connectivity index (χ1) is 12.5. The van der Waals surface area contributed by atoms with E-state index in [2.05, 4.69) is 11.4 Å². The topological polar surface area (TPSA) is 49.3 Å². The monoisotopic (exact) mass is 387 g/mol. The van der Waals surface area contributed by atoms with Crippen molar-refractivity contribution < 1.29 is 9.90 Å². The van der Waals surface area contributed by atoms with Crippen LogP contribution in [0.25, 0.3) is 0 Å². The van der Waals surface area contributed by atoms with E-state index in [-0.39, 0.29) is 6.04 Å². The van der Waals surface area contributed by atoms with Crippen LogP contribution in [-0.4, -0.2) is 11.1 Å². The molecule has 2 saturated carbocycles. The fraction of sp³-hybridized carbons (Fsp3) is 0.381. The Morgan fingerprint density at radius 3 is 2.62 bits per heavy atom. The Hall–Kier alpha value is -1.71. The molecule has 0 saturated heterocycles. The number of carboxylic acids is 1. The Balaban J connectivity index is 1.63. The Morgan fingerprint density at radius 1 is 1.04 bits per heavy atom. The number of rotatable bonds is 2. The number of benzene rings is 2. The van der Waals surface area contributed by atoms with Crippen LogP contribution in [0, 0.1) is 17.8 Å². The van der Waals surface area contributed by atoms with Crippen molar-refractivity contribution in [3.8, 4) is 0 Å². The summed E-state index contributed by atoms with van der Waals surface area (Å²) >= 11 is 12.4. The minimum atomic E-state index is -0.862. The predicted octanol–water partition coefficient (Wildman–Crippen LogP) is 5.99. The summed E-state index contributed by atoms with van der Waals surface area (Å²) < 4.78 is 0. The van der Waals surface area contributed by atoms with E-state index in [1.54, 1.807) is 6.07 Å². The van der Waals surface area contributed by atoms with Gasteiger partial charge in [-0.05, 0) is 84.4 Å². The lowest BCUT2D eigenvalue weighted by Crippen LogP contribution is -2.35. The van der Waals surface area contributed by atoms with Gasteiger partial charge in [-0.2, -0.15) is 0 Å². The number of anilines is 1. The van der Waals surface area contributed by atoms with Gasteiger partial charge in [0.05, 0.1) is 21.7 Å². The van der Waals surface area contributed by atoms with Gasteiger partial charge in [-0.1, -0.05) is 29.3 Å². The maximum atomic E-state index is 11.4. The van der Waals surface area contributed by atoms with Crippen LogP contribution in [0.1, 0.15) is 52.7 Å². The number of nitrogens with one attached hydrogen (secondary N) is 1. The molecular formula is C21H19Cl2NO2. The summed E-state index contributed by atoms with van der Waals surface area (Å²) in [5, 5.41) is 14.2. The average molecular weight is 388 g/mol. The van der Waals surface area contributed by atoms with Crippen LogP contribution in [0.15, 0.2) is 36.4 Å². The summed E-state index contributed by atoms with van der Waals surface area (Å²) in [5.41, 5.74) is 3.77. The van der Waals surface area contributed by atoms with Gasteiger partial charge >= 0.3 is 5.97 Å². The van der Waals surface area contributed by atoms with Crippen molar-refractivity contribution in [1.82, 2.24) is 0 Å². The van der Waals surface area contributed by atoms with Gasteiger partial charge in [-0.25, -0.2) is 4.79 Å². The fourth-order valence-corrected chi connectivity index (χ4v) is 5.96. The molecule has 0 radical (unpaired) electrons. The standard InChI is InChI=1S/C21H19Cl2NO2/c22-15-5-3-12(9-16(15)23)20-19-11-2-1-10(7-11)18(19)14-8-13(21(25)26)4-6-17(14)24-20/h3-6,8-11,18-20,24H,1-2,7H2,(H,25,26)/t10-,11-,18-,19+,20-/m0/s1. The second-order valence-corrected chi connectivity index (χ2v) is 8.65. The summed E-state index contributed by atoms with van der Waals surface area (Å²) in [6.07, 6.45) is 3.75. The lowest BCUT2D eigenvalue weighted by molar-refractivity contribution is 0.0696. The van der Waals surface area contributed by atoms with E-state index in [1.807, 2.05) is 24.3 Å². The second-order valence-electron chi connectivity index (χ2n) is 7.84. The molecular weight excluding hydrogens is 369 g/mol. The van der Waals surface area contributed by atoms with Crippen molar-refractivity contribution in [3.63, 3.8) is 0 Å². The molecule has 0 aromatic heterocycles. The van der Waals surface area contributed by atoms with Gasteiger partial charge in [0.1, 0.15) is 0 Å². The van der Waals surface area contributed by atoms with Crippen LogP contribution < -0.4 is 5.32 Å². The lowest BCUT2D eigenvalue weighted by Gasteiger charge is -2.43. The van der Waals surface area contributed by atoms with Crippen molar-refractivity contribution in [1.29, 1.82) is 0 Å². The van der Waals surface area contributed by atoms with Gasteiger partial charge in [0.25, 0.3) is 0 Å². The largest absolute Gasteiger partial charge is 0.478 e. The van der Waals surface area contributed by atoms with Gasteiger partial charge in [-0.15, -0.1) is 0 Å². The van der Waals surface area contributed by atoms with Gasteiger partial charge in [0.15, 0.2) is 0 Å². The molecule has 2 aromatic rings. The fourth-order valence-electron chi connectivity index (χ4n) is 5.65. The lowest BCUT2D eigenvalue weighted by atomic mass is 9.68. The molecule has 26 heavy (non-hydrogen) atoms. The smallest absolute Gasteiger partial charge is 0.335 e. The van der Waals surface area contributed by atoms with Gasteiger partial charge in [0, 0.05) is 5.69 Å². The number of aromatic carboxylic acids is 1. The van der Waals surface area contributed by atoms with E-state index < -0.39 is 5.97 Å². The maximum Gasteiger partial charge on any atom is 0.335 e. The number of carbonyl (C=O) groups is 1. The predicted molar refractivity (Wildman–Crippen MR) is 103 cm³/mol. The van der Waals surface area contributed by atoms with Crippen LogP contribution in [0.2, 0.25) is 10.0 Å². The van der Waals surface area contributed by atoms with E-state index in [0.29, 0.717) is 39.3 Å². The van der Waals surface area contributed by atoms with E-state index >= 15 is 0 Å². The van der Waals surface area contributed by atoms with Crippen molar-refractivity contribution in [2.24, 2.45) is 17.8 Å². The molecule has 0 spiro atoms. The number of carboxylic acid groups (broad SMARTS) is 1. The summed E-state index contributed by atoms with van der Waals surface area (Å²) in [4.78, 5) is 11.4. The van der Waals surface area contributed by atoms with Crippen molar-refractivity contribution in [3.05, 3.63) is 63.1 Å². The maximum absolute atomic E-state index is 11.4. The molecule has 0 unspecified atom stereocenters. The first-order valence-electron chi connectivity index (χ1n) is 9.11. The molecule has 0 amide bonds. The molecule has 2 aromatic carbocycles. The van der Waals surface area contributed by atoms with Gasteiger partial charge < -0.3 is 10.4 Å². The Morgan fingerprint density at radius 2 is 1.85 bits per heavy atom. The molecule has 2 aliphatic carbocycles. The van der Waals surface area contributed by atoms with Crippen LogP contribution in [0.3, 0.4) is 0 Å². The summed E-state index contributed by atoms with van der Waals surface area (Å²) in [6, 6.07) is 11.6. The minimum absolute atomic E-state index is 0.188. The zero-order valence-corrected chi connectivity index (χ0v) is 15.6. The Bertz CT molecular complexity index is 913. The number of hydrogen-bond donors (Lipinski definition) is 2. The van der Waals surface area contributed by atoms with E-state index in [9.17, 15) is 9.90 Å². The first-order valence-corrected chi connectivity index (χ1v) is 9.87. The Kier molecular flexibility index (Phi) is 3.74. The minimum Gasteiger partial charge on any atom is -0.478 e. The molecule has 2 fully saturated rings. The highest BCUT2D eigenvalue weighted by molar-refractivity contribution is 6.42. The Labute approximate surface area is 162 Å². The first kappa shape index (κ1) is 16.5.